The van der Waals surface area contributed by atoms with E-state index < -0.39 is 12.4 Å². The second-order valence-corrected chi connectivity index (χ2v) is 11.8. The minimum atomic E-state index is -1.08. The van der Waals surface area contributed by atoms with E-state index in [1.807, 2.05) is 6.08 Å². The number of aliphatic hydroxyl groups excluding tert-OH is 2. The van der Waals surface area contributed by atoms with Crippen molar-refractivity contribution in [3.05, 3.63) is 59.2 Å². The molecule has 1 heterocycles. The van der Waals surface area contributed by atoms with E-state index in [4.69, 9.17) is 9.47 Å². The summed E-state index contributed by atoms with van der Waals surface area (Å²) >= 11 is 0. The smallest absolute Gasteiger partial charge is 0.184 e. The van der Waals surface area contributed by atoms with Crippen LogP contribution in [-0.4, -0.2) is 35.3 Å². The van der Waals surface area contributed by atoms with Gasteiger partial charge in [-0.3, -0.25) is 0 Å². The SMILES string of the molecule is C[C@]12CC[C@H]3[C@@H](CCC4CC(OCc5ccccc5)CC[C@@H]43)C1=CC[C@@H]2C1=CC(O)C(O)OC1. The predicted molar refractivity (Wildman–Crippen MR) is 132 cm³/mol. The van der Waals surface area contributed by atoms with Gasteiger partial charge in [0.2, 0.25) is 0 Å². The number of ether oxygens (including phenoxy) is 2. The second kappa shape index (κ2) is 9.20. The van der Waals surface area contributed by atoms with Gasteiger partial charge < -0.3 is 19.7 Å². The molecule has 34 heavy (non-hydrogen) atoms. The molecule has 4 aliphatic carbocycles. The standard InChI is InChI=1S/C30H40O4/c1-30-14-13-24-23-10-8-22(33-17-19-5-3-2-4-6-19)15-20(23)7-9-25(24)27(30)12-11-26(30)21-16-28(31)29(32)34-18-21/h2-6,12,16,20,22-26,28-29,31-32H,7-11,13-15,17-18H2,1H3/t20?,22?,23-,24+,25+,26+,28?,29?,30+/m0/s1. The largest absolute Gasteiger partial charge is 0.384 e. The van der Waals surface area contributed by atoms with Crippen LogP contribution in [0.5, 0.6) is 0 Å². The molecule has 1 aromatic carbocycles. The number of rotatable bonds is 4. The van der Waals surface area contributed by atoms with E-state index in [0.29, 0.717) is 18.6 Å². The molecule has 9 atom stereocenters. The summed E-state index contributed by atoms with van der Waals surface area (Å²) in [6.45, 7) is 3.65. The van der Waals surface area contributed by atoms with Gasteiger partial charge in [-0.25, -0.2) is 0 Å². The van der Waals surface area contributed by atoms with Crippen molar-refractivity contribution < 1.29 is 19.7 Å². The molecule has 0 radical (unpaired) electrons. The zero-order chi connectivity index (χ0) is 23.3. The highest BCUT2D eigenvalue weighted by Crippen LogP contribution is 2.63. The Labute approximate surface area is 204 Å². The van der Waals surface area contributed by atoms with E-state index in [-0.39, 0.29) is 5.41 Å². The molecule has 1 aliphatic heterocycles. The highest BCUT2D eigenvalue weighted by molar-refractivity contribution is 5.34. The zero-order valence-electron chi connectivity index (χ0n) is 20.4. The van der Waals surface area contributed by atoms with Crippen molar-refractivity contribution >= 4 is 0 Å². The maximum absolute atomic E-state index is 10.2. The minimum absolute atomic E-state index is 0.182. The van der Waals surface area contributed by atoms with Crippen LogP contribution in [0.3, 0.4) is 0 Å². The molecule has 6 rings (SSSR count). The molecule has 3 saturated carbocycles. The number of hydrogen-bond acceptors (Lipinski definition) is 4. The van der Waals surface area contributed by atoms with E-state index >= 15 is 0 Å². The van der Waals surface area contributed by atoms with Crippen LogP contribution in [0.15, 0.2) is 53.6 Å². The zero-order valence-corrected chi connectivity index (χ0v) is 20.4. The molecule has 0 aromatic heterocycles. The Morgan fingerprint density at radius 3 is 2.71 bits per heavy atom. The van der Waals surface area contributed by atoms with Crippen molar-refractivity contribution in [1.82, 2.24) is 0 Å². The Morgan fingerprint density at radius 2 is 1.88 bits per heavy atom. The Kier molecular flexibility index (Phi) is 6.22. The molecule has 184 valence electrons. The Balaban J connectivity index is 1.11. The lowest BCUT2D eigenvalue weighted by Gasteiger charge is -2.54. The van der Waals surface area contributed by atoms with Gasteiger partial charge in [-0.05, 0) is 104 Å². The van der Waals surface area contributed by atoms with Crippen LogP contribution in [-0.2, 0) is 16.1 Å². The minimum Gasteiger partial charge on any atom is -0.384 e. The average molecular weight is 465 g/mol. The van der Waals surface area contributed by atoms with Crippen molar-refractivity contribution in [3.8, 4) is 0 Å². The molecule has 4 unspecified atom stereocenters. The maximum Gasteiger partial charge on any atom is 0.184 e. The third-order valence-electron chi connectivity index (χ3n) is 10.2. The van der Waals surface area contributed by atoms with Crippen molar-refractivity contribution in [2.24, 2.45) is 35.0 Å². The second-order valence-electron chi connectivity index (χ2n) is 11.8. The van der Waals surface area contributed by atoms with Crippen LogP contribution < -0.4 is 0 Å². The summed E-state index contributed by atoms with van der Waals surface area (Å²) < 4.78 is 11.8. The Morgan fingerprint density at radius 1 is 1.03 bits per heavy atom. The topological polar surface area (TPSA) is 58.9 Å². The average Bonchev–Trinajstić information content (AvgIpc) is 3.22. The van der Waals surface area contributed by atoms with Crippen LogP contribution in [0.4, 0.5) is 0 Å². The fourth-order valence-corrected chi connectivity index (χ4v) is 8.49. The van der Waals surface area contributed by atoms with Crippen LogP contribution >= 0.6 is 0 Å². The van der Waals surface area contributed by atoms with Gasteiger partial charge in [-0.15, -0.1) is 0 Å². The lowest BCUT2D eigenvalue weighted by atomic mass is 9.51. The number of allylic oxidation sites excluding steroid dienone is 2. The summed E-state index contributed by atoms with van der Waals surface area (Å²) in [5, 5.41) is 19.9. The lowest BCUT2D eigenvalue weighted by Crippen LogP contribution is -2.47. The van der Waals surface area contributed by atoms with Gasteiger partial charge in [0.25, 0.3) is 0 Å². The molecule has 0 spiro atoms. The molecule has 0 amide bonds. The first-order valence-corrected chi connectivity index (χ1v) is 13.6. The molecular formula is C30H40O4. The van der Waals surface area contributed by atoms with Crippen molar-refractivity contribution in [2.45, 2.75) is 83.4 Å². The first kappa shape index (κ1) is 23.0. The van der Waals surface area contributed by atoms with Crippen LogP contribution in [0.1, 0.15) is 63.9 Å². The fourth-order valence-electron chi connectivity index (χ4n) is 8.49. The van der Waals surface area contributed by atoms with Gasteiger partial charge in [0.1, 0.15) is 6.10 Å². The molecule has 3 fully saturated rings. The summed E-state index contributed by atoms with van der Waals surface area (Å²) in [5.74, 6) is 3.65. The van der Waals surface area contributed by atoms with Crippen molar-refractivity contribution in [2.75, 3.05) is 6.61 Å². The first-order chi connectivity index (χ1) is 16.5. The third kappa shape index (κ3) is 4.01. The van der Waals surface area contributed by atoms with Crippen LogP contribution in [0, 0.1) is 35.0 Å². The molecule has 0 saturated heterocycles. The molecular weight excluding hydrogens is 424 g/mol. The van der Waals surface area contributed by atoms with E-state index in [2.05, 4.69) is 43.3 Å². The fraction of sp³-hybridized carbons (Fsp3) is 0.667. The number of aliphatic hydroxyl groups is 2. The van der Waals surface area contributed by atoms with E-state index in [9.17, 15) is 10.2 Å². The first-order valence-electron chi connectivity index (χ1n) is 13.6. The highest BCUT2D eigenvalue weighted by atomic mass is 16.6. The molecule has 4 nitrogen and oxygen atoms in total. The van der Waals surface area contributed by atoms with Gasteiger partial charge >= 0.3 is 0 Å². The van der Waals surface area contributed by atoms with Gasteiger partial charge in [0.15, 0.2) is 6.29 Å². The molecule has 1 aromatic rings. The summed E-state index contributed by atoms with van der Waals surface area (Å²) in [6.07, 6.45) is 12.9. The van der Waals surface area contributed by atoms with Gasteiger partial charge in [-0.2, -0.15) is 0 Å². The van der Waals surface area contributed by atoms with E-state index in [1.165, 1.54) is 56.1 Å². The molecule has 2 N–H and O–H groups in total. The van der Waals surface area contributed by atoms with Crippen molar-refractivity contribution in [1.29, 1.82) is 0 Å². The number of benzene rings is 1. The maximum atomic E-state index is 10.2. The van der Waals surface area contributed by atoms with Gasteiger partial charge in [0, 0.05) is 0 Å². The van der Waals surface area contributed by atoms with E-state index in [1.54, 1.807) is 5.57 Å². The summed E-state index contributed by atoms with van der Waals surface area (Å²) in [7, 11) is 0. The Hall–Kier alpha value is -1.46. The quantitative estimate of drug-likeness (QED) is 0.586. The van der Waals surface area contributed by atoms with Gasteiger partial charge in [-0.1, -0.05) is 48.9 Å². The van der Waals surface area contributed by atoms with Gasteiger partial charge in [0.05, 0.1) is 19.3 Å². The number of fused-ring (bicyclic) bond motifs is 5. The lowest BCUT2D eigenvalue weighted by molar-refractivity contribution is -0.152. The van der Waals surface area contributed by atoms with E-state index in [0.717, 1.165) is 36.7 Å². The molecule has 0 bridgehead atoms. The normalized spacial score (nSPS) is 43.9. The summed E-state index contributed by atoms with van der Waals surface area (Å²) in [4.78, 5) is 0. The number of hydrogen-bond donors (Lipinski definition) is 2. The highest BCUT2D eigenvalue weighted by Gasteiger charge is 2.54. The molecule has 4 heteroatoms. The third-order valence-corrected chi connectivity index (χ3v) is 10.2. The van der Waals surface area contributed by atoms with Crippen LogP contribution in [0.25, 0.3) is 0 Å². The Bertz CT molecular complexity index is 938. The summed E-state index contributed by atoms with van der Waals surface area (Å²) in [5.41, 5.74) is 4.36. The van der Waals surface area contributed by atoms with Crippen molar-refractivity contribution in [3.63, 3.8) is 0 Å². The summed E-state index contributed by atoms with van der Waals surface area (Å²) in [6, 6.07) is 10.6. The van der Waals surface area contributed by atoms with Crippen LogP contribution in [0.2, 0.25) is 0 Å². The molecule has 5 aliphatic rings. The monoisotopic (exact) mass is 464 g/mol. The predicted octanol–water partition coefficient (Wildman–Crippen LogP) is 5.40.